The van der Waals surface area contributed by atoms with Gasteiger partial charge in [-0.15, -0.1) is 11.3 Å². The van der Waals surface area contributed by atoms with E-state index in [1.54, 1.807) is 33.5 Å². The highest BCUT2D eigenvalue weighted by Crippen LogP contribution is 2.33. The van der Waals surface area contributed by atoms with E-state index >= 15 is 0 Å². The number of likely N-dealkylation sites (N-methyl/N-ethyl adjacent to an activating group) is 1. The van der Waals surface area contributed by atoms with Crippen LogP contribution in [0.3, 0.4) is 0 Å². The molecule has 4 rings (SSSR count). The third-order valence-electron chi connectivity index (χ3n) is 4.44. The molecule has 1 amide bonds. The van der Waals surface area contributed by atoms with Crippen LogP contribution in [-0.4, -0.2) is 40.2 Å². The van der Waals surface area contributed by atoms with Gasteiger partial charge >= 0.3 is 0 Å². The van der Waals surface area contributed by atoms with Gasteiger partial charge in [-0.05, 0) is 43.0 Å². The van der Waals surface area contributed by atoms with Crippen LogP contribution in [0.15, 0.2) is 34.2 Å². The van der Waals surface area contributed by atoms with Gasteiger partial charge in [-0.2, -0.15) is 0 Å². The van der Waals surface area contributed by atoms with Crippen molar-refractivity contribution in [2.75, 3.05) is 19.3 Å². The summed E-state index contributed by atoms with van der Waals surface area (Å²) in [7, 11) is 2.09. The molecule has 1 aliphatic heterocycles. The fourth-order valence-corrected chi connectivity index (χ4v) is 5.30. The maximum absolute atomic E-state index is 13.7. The molecule has 0 saturated heterocycles. The molecule has 1 aromatic carbocycles. The van der Waals surface area contributed by atoms with Crippen LogP contribution in [0.2, 0.25) is 0 Å². The molecule has 154 valence electrons. The average molecular weight is 436 g/mol. The molecule has 2 aromatic heterocycles. The zero-order chi connectivity index (χ0) is 21.0. The SMILES string of the molecule is CCSc1nc2sc3c(c2c(=O)n1-c1cccc(F)c1)CCN(C)C3.NNC=O. The number of hydrogen-bond acceptors (Lipinski definition) is 7. The van der Waals surface area contributed by atoms with Crippen molar-refractivity contribution >= 4 is 39.7 Å². The van der Waals surface area contributed by atoms with Crippen molar-refractivity contribution in [3.63, 3.8) is 0 Å². The number of rotatable bonds is 4. The highest BCUT2D eigenvalue weighted by Gasteiger charge is 2.24. The van der Waals surface area contributed by atoms with Crippen molar-refractivity contribution in [1.82, 2.24) is 19.9 Å². The predicted octanol–water partition coefficient (Wildman–Crippen LogP) is 2.29. The lowest BCUT2D eigenvalue weighted by Gasteiger charge is -2.21. The van der Waals surface area contributed by atoms with Crippen molar-refractivity contribution in [1.29, 1.82) is 0 Å². The van der Waals surface area contributed by atoms with Gasteiger partial charge in [-0.25, -0.2) is 15.2 Å². The summed E-state index contributed by atoms with van der Waals surface area (Å²) in [6.07, 6.45) is 1.26. The van der Waals surface area contributed by atoms with Gasteiger partial charge in [0.15, 0.2) is 5.16 Å². The highest BCUT2D eigenvalue weighted by atomic mass is 32.2. The third kappa shape index (κ3) is 4.50. The Morgan fingerprint density at radius 2 is 2.21 bits per heavy atom. The van der Waals surface area contributed by atoms with Crippen LogP contribution in [0.1, 0.15) is 17.4 Å². The first-order valence-corrected chi connectivity index (χ1v) is 10.8. The maximum Gasteiger partial charge on any atom is 0.267 e. The summed E-state index contributed by atoms with van der Waals surface area (Å²) < 4.78 is 15.3. The number of nitrogens with two attached hydrogens (primary N) is 1. The Morgan fingerprint density at radius 3 is 2.86 bits per heavy atom. The number of nitrogens with one attached hydrogen (secondary N) is 1. The first-order valence-electron chi connectivity index (χ1n) is 9.04. The first-order chi connectivity index (χ1) is 14.0. The Hall–Kier alpha value is -2.27. The van der Waals surface area contributed by atoms with E-state index < -0.39 is 0 Å². The van der Waals surface area contributed by atoms with Crippen LogP contribution < -0.4 is 16.8 Å². The van der Waals surface area contributed by atoms with E-state index in [9.17, 15) is 9.18 Å². The molecule has 0 radical (unpaired) electrons. The number of aromatic nitrogens is 2. The van der Waals surface area contributed by atoms with E-state index in [0.717, 1.165) is 35.7 Å². The predicted molar refractivity (Wildman–Crippen MR) is 115 cm³/mol. The molecule has 3 N–H and O–H groups in total. The van der Waals surface area contributed by atoms with Crippen molar-refractivity contribution in [2.24, 2.45) is 5.84 Å². The lowest BCUT2D eigenvalue weighted by Crippen LogP contribution is -2.27. The average Bonchev–Trinajstić information content (AvgIpc) is 3.06. The second-order valence-corrected chi connectivity index (χ2v) is 8.72. The molecular formula is C19H22FN5O2S2. The molecule has 0 unspecified atom stereocenters. The standard InChI is InChI=1S/C18H18FN3OS2.CH4N2O/c1-3-24-18-20-16-15(13-7-8-21(2)10-14(13)25-16)17(23)22(18)12-6-4-5-11(19)9-12;2-3-1-4/h4-6,9H,3,7-8,10H2,1-2H3;1H,2H2,(H,3,4). The summed E-state index contributed by atoms with van der Waals surface area (Å²) >= 11 is 3.11. The van der Waals surface area contributed by atoms with Gasteiger partial charge in [-0.3, -0.25) is 19.6 Å². The highest BCUT2D eigenvalue weighted by molar-refractivity contribution is 7.99. The number of hydrogen-bond donors (Lipinski definition) is 2. The molecule has 0 bridgehead atoms. The first kappa shape index (κ1) is 21.4. The molecule has 1 aliphatic rings. The summed E-state index contributed by atoms with van der Waals surface area (Å²) in [5.74, 6) is 4.85. The number of carbonyl (C=O) groups is 1. The van der Waals surface area contributed by atoms with Crippen molar-refractivity contribution in [2.45, 2.75) is 25.0 Å². The van der Waals surface area contributed by atoms with Crippen LogP contribution in [-0.2, 0) is 17.8 Å². The van der Waals surface area contributed by atoms with Crippen LogP contribution in [0.4, 0.5) is 4.39 Å². The number of thiophene rings is 1. The normalized spacial score (nSPS) is 13.5. The molecule has 0 atom stereocenters. The van der Waals surface area contributed by atoms with Crippen LogP contribution in [0.5, 0.6) is 0 Å². The van der Waals surface area contributed by atoms with Crippen molar-refractivity contribution in [3.8, 4) is 5.69 Å². The molecule has 0 fully saturated rings. The number of benzene rings is 1. The minimum Gasteiger partial charge on any atom is -0.301 e. The third-order valence-corrected chi connectivity index (χ3v) is 6.37. The number of thioether (sulfide) groups is 1. The monoisotopic (exact) mass is 435 g/mol. The van der Waals surface area contributed by atoms with Gasteiger partial charge in [-0.1, -0.05) is 24.8 Å². The van der Waals surface area contributed by atoms with Gasteiger partial charge in [0, 0.05) is 18.0 Å². The molecular weight excluding hydrogens is 413 g/mol. The summed E-state index contributed by atoms with van der Waals surface area (Å²) in [5.41, 5.74) is 3.31. The summed E-state index contributed by atoms with van der Waals surface area (Å²) in [4.78, 5) is 31.3. The number of amides is 1. The van der Waals surface area contributed by atoms with Crippen molar-refractivity contribution in [3.05, 3.63) is 50.9 Å². The number of hydrazine groups is 1. The topological polar surface area (TPSA) is 93.2 Å². The van der Waals surface area contributed by atoms with Gasteiger partial charge in [0.1, 0.15) is 10.6 Å². The Balaban J connectivity index is 0.000000552. The smallest absolute Gasteiger partial charge is 0.267 e. The molecule has 0 spiro atoms. The summed E-state index contributed by atoms with van der Waals surface area (Å²) in [6, 6.07) is 6.15. The van der Waals surface area contributed by atoms with E-state index in [1.165, 1.54) is 28.8 Å². The Labute approximate surface area is 175 Å². The second-order valence-electron chi connectivity index (χ2n) is 6.40. The lowest BCUT2D eigenvalue weighted by atomic mass is 10.1. The molecule has 0 aliphatic carbocycles. The Kier molecular flexibility index (Phi) is 7.01. The van der Waals surface area contributed by atoms with Gasteiger partial charge in [0.25, 0.3) is 5.56 Å². The molecule has 3 aromatic rings. The van der Waals surface area contributed by atoms with Crippen LogP contribution >= 0.6 is 23.1 Å². The molecule has 0 saturated carbocycles. The van der Waals surface area contributed by atoms with Crippen LogP contribution in [0, 0.1) is 5.82 Å². The quantitative estimate of drug-likeness (QED) is 0.163. The summed E-state index contributed by atoms with van der Waals surface area (Å²) in [6.45, 7) is 3.81. The second kappa shape index (κ2) is 9.49. The van der Waals surface area contributed by atoms with E-state index in [1.807, 2.05) is 6.92 Å². The zero-order valence-corrected chi connectivity index (χ0v) is 17.8. The minimum atomic E-state index is -0.356. The Bertz CT molecular complexity index is 1080. The largest absolute Gasteiger partial charge is 0.301 e. The fourth-order valence-electron chi connectivity index (χ4n) is 3.22. The molecule has 29 heavy (non-hydrogen) atoms. The fraction of sp³-hybridized carbons (Fsp3) is 0.316. The van der Waals surface area contributed by atoms with Gasteiger partial charge < -0.3 is 4.90 Å². The number of halogens is 1. The Morgan fingerprint density at radius 1 is 1.45 bits per heavy atom. The zero-order valence-electron chi connectivity index (χ0n) is 16.1. The minimum absolute atomic E-state index is 0.0893. The van der Waals surface area contributed by atoms with E-state index in [2.05, 4.69) is 17.8 Å². The number of carbonyl (C=O) groups excluding carboxylic acids is 1. The maximum atomic E-state index is 13.7. The van der Waals surface area contributed by atoms with Crippen LogP contribution in [0.25, 0.3) is 15.9 Å². The van der Waals surface area contributed by atoms with Gasteiger partial charge in [0.2, 0.25) is 6.41 Å². The van der Waals surface area contributed by atoms with Gasteiger partial charge in [0.05, 0.1) is 11.1 Å². The number of nitrogens with zero attached hydrogens (tertiary/aromatic N) is 3. The van der Waals surface area contributed by atoms with E-state index in [0.29, 0.717) is 22.6 Å². The van der Waals surface area contributed by atoms with E-state index in [4.69, 9.17) is 9.78 Å². The molecule has 7 nitrogen and oxygen atoms in total. The molecule has 3 heterocycles. The molecule has 10 heteroatoms. The summed E-state index contributed by atoms with van der Waals surface area (Å²) in [5, 5.41) is 1.33. The number of fused-ring (bicyclic) bond motifs is 3. The lowest BCUT2D eigenvalue weighted by molar-refractivity contribution is -0.109. The van der Waals surface area contributed by atoms with E-state index in [-0.39, 0.29) is 11.4 Å². The van der Waals surface area contributed by atoms with Crippen molar-refractivity contribution < 1.29 is 9.18 Å².